The summed E-state index contributed by atoms with van der Waals surface area (Å²) in [6.45, 7) is 1.44. The van der Waals surface area contributed by atoms with Gasteiger partial charge in [-0.2, -0.15) is 0 Å². The highest BCUT2D eigenvalue weighted by molar-refractivity contribution is 7.91. The molecule has 2 heterocycles. The van der Waals surface area contributed by atoms with Crippen LogP contribution in [0.5, 0.6) is 11.5 Å². The maximum absolute atomic E-state index is 13.5. The molecule has 1 saturated heterocycles. The lowest BCUT2D eigenvalue weighted by molar-refractivity contribution is -0.137. The molecule has 2 aromatic carbocycles. The van der Waals surface area contributed by atoms with Crippen LogP contribution in [0.15, 0.2) is 54.6 Å². The molecule has 2 aliphatic heterocycles. The molecule has 2 unspecified atom stereocenters. The van der Waals surface area contributed by atoms with Crippen LogP contribution in [-0.4, -0.2) is 75.0 Å². The van der Waals surface area contributed by atoms with Crippen LogP contribution in [0.3, 0.4) is 0 Å². The van der Waals surface area contributed by atoms with Gasteiger partial charge in [0.25, 0.3) is 0 Å². The summed E-state index contributed by atoms with van der Waals surface area (Å²) in [5.41, 5.74) is 0.861. The second kappa shape index (κ2) is 8.65. The lowest BCUT2D eigenvalue weighted by Gasteiger charge is -2.37. The van der Waals surface area contributed by atoms with Crippen LogP contribution in [0.4, 0.5) is 0 Å². The topological polar surface area (TPSA) is 76.2 Å². The van der Waals surface area contributed by atoms with Gasteiger partial charge in [-0.1, -0.05) is 42.5 Å². The fourth-order valence-electron chi connectivity index (χ4n) is 3.89. The minimum atomic E-state index is -3.03. The van der Waals surface area contributed by atoms with E-state index in [4.69, 9.17) is 9.47 Å². The fraction of sp³-hybridized carbons (Fsp3) is 0.409. The third kappa shape index (κ3) is 4.60. The van der Waals surface area contributed by atoms with Gasteiger partial charge in [-0.3, -0.25) is 9.69 Å². The van der Waals surface area contributed by atoms with Crippen molar-refractivity contribution in [2.45, 2.75) is 12.1 Å². The summed E-state index contributed by atoms with van der Waals surface area (Å²) in [5, 5.41) is 0. The highest BCUT2D eigenvalue weighted by Gasteiger charge is 2.35. The van der Waals surface area contributed by atoms with Crippen molar-refractivity contribution >= 4 is 15.7 Å². The van der Waals surface area contributed by atoms with Crippen LogP contribution < -0.4 is 9.47 Å². The molecule has 4 rings (SSSR count). The molecule has 0 bridgehead atoms. The molecule has 7 nitrogen and oxygen atoms in total. The van der Waals surface area contributed by atoms with E-state index in [1.165, 1.54) is 0 Å². The van der Waals surface area contributed by atoms with Gasteiger partial charge < -0.3 is 14.4 Å². The Hall–Kier alpha value is -2.58. The molecular formula is C22H26N2O5S. The van der Waals surface area contributed by atoms with Crippen molar-refractivity contribution in [1.29, 1.82) is 0 Å². The Morgan fingerprint density at radius 1 is 1.07 bits per heavy atom. The van der Waals surface area contributed by atoms with Crippen molar-refractivity contribution in [1.82, 2.24) is 9.80 Å². The fourth-order valence-corrected chi connectivity index (χ4v) is 5.12. The Balaban J connectivity index is 1.49. The van der Waals surface area contributed by atoms with Crippen LogP contribution in [0.2, 0.25) is 0 Å². The van der Waals surface area contributed by atoms with Gasteiger partial charge in [0.1, 0.15) is 12.6 Å². The summed E-state index contributed by atoms with van der Waals surface area (Å²) in [6.07, 6.45) is -0.271. The number of carbonyl (C=O) groups is 1. The second-order valence-electron chi connectivity index (χ2n) is 7.72. The molecule has 2 atom stereocenters. The van der Waals surface area contributed by atoms with Crippen molar-refractivity contribution < 1.29 is 22.7 Å². The number of ether oxygens (including phenoxy) is 2. The smallest absolute Gasteiger partial charge is 0.244 e. The molecule has 2 aromatic rings. The first kappa shape index (κ1) is 20.7. The van der Waals surface area contributed by atoms with Gasteiger partial charge in [0, 0.05) is 20.1 Å². The number of amides is 1. The van der Waals surface area contributed by atoms with E-state index in [0.29, 0.717) is 37.7 Å². The van der Waals surface area contributed by atoms with Crippen molar-refractivity contribution in [3.8, 4) is 11.5 Å². The van der Waals surface area contributed by atoms with Crippen molar-refractivity contribution in [2.75, 3.05) is 44.8 Å². The Kier molecular flexibility index (Phi) is 5.97. The van der Waals surface area contributed by atoms with Crippen molar-refractivity contribution in [3.05, 3.63) is 60.2 Å². The maximum atomic E-state index is 13.5. The minimum Gasteiger partial charge on any atom is -0.486 e. The van der Waals surface area contributed by atoms with Gasteiger partial charge in [0.05, 0.1) is 18.1 Å². The summed E-state index contributed by atoms with van der Waals surface area (Å²) in [7, 11) is -1.28. The SMILES string of the molecule is CN(CC1COc2ccccc2O1)C(=O)C(c1ccccc1)N1CCS(=O)(=O)CC1. The van der Waals surface area contributed by atoms with E-state index in [9.17, 15) is 13.2 Å². The molecule has 8 heteroatoms. The Labute approximate surface area is 177 Å². The molecule has 0 N–H and O–H groups in total. The zero-order chi connectivity index (χ0) is 21.1. The molecule has 0 radical (unpaired) electrons. The van der Waals surface area contributed by atoms with E-state index in [-0.39, 0.29) is 23.5 Å². The number of nitrogens with zero attached hydrogens (tertiary/aromatic N) is 2. The summed E-state index contributed by atoms with van der Waals surface area (Å²) in [6, 6.07) is 16.5. The summed E-state index contributed by atoms with van der Waals surface area (Å²) in [5.74, 6) is 1.45. The molecule has 0 spiro atoms. The third-order valence-corrected chi connectivity index (χ3v) is 7.12. The van der Waals surface area contributed by atoms with Crippen LogP contribution in [0.25, 0.3) is 0 Å². The van der Waals surface area contributed by atoms with Crippen LogP contribution in [0, 0.1) is 0 Å². The second-order valence-corrected chi connectivity index (χ2v) is 10.0. The predicted molar refractivity (Wildman–Crippen MR) is 113 cm³/mol. The average Bonchev–Trinajstić information content (AvgIpc) is 2.75. The van der Waals surface area contributed by atoms with E-state index in [1.54, 1.807) is 11.9 Å². The Morgan fingerprint density at radius 2 is 1.70 bits per heavy atom. The molecule has 160 valence electrons. The minimum absolute atomic E-state index is 0.0731. The van der Waals surface area contributed by atoms with Crippen molar-refractivity contribution in [3.63, 3.8) is 0 Å². The van der Waals surface area contributed by atoms with Crippen LogP contribution in [-0.2, 0) is 14.6 Å². The number of para-hydroxylation sites is 2. The first-order valence-electron chi connectivity index (χ1n) is 10.1. The highest BCUT2D eigenvalue weighted by atomic mass is 32.2. The Bertz CT molecular complexity index is 982. The monoisotopic (exact) mass is 430 g/mol. The van der Waals surface area contributed by atoms with E-state index >= 15 is 0 Å². The van der Waals surface area contributed by atoms with E-state index in [1.807, 2.05) is 59.5 Å². The maximum Gasteiger partial charge on any atom is 0.244 e. The van der Waals surface area contributed by atoms with E-state index in [0.717, 1.165) is 5.56 Å². The number of fused-ring (bicyclic) bond motifs is 1. The van der Waals surface area contributed by atoms with Gasteiger partial charge >= 0.3 is 0 Å². The molecule has 1 amide bonds. The number of carbonyl (C=O) groups excluding carboxylic acids is 1. The summed E-state index contributed by atoms with van der Waals surface area (Å²) >= 11 is 0. The molecule has 30 heavy (non-hydrogen) atoms. The lowest BCUT2D eigenvalue weighted by Crippen LogP contribution is -2.50. The summed E-state index contributed by atoms with van der Waals surface area (Å²) < 4.78 is 35.5. The van der Waals surface area contributed by atoms with Gasteiger partial charge in [-0.05, 0) is 17.7 Å². The third-order valence-electron chi connectivity index (χ3n) is 5.51. The number of benzene rings is 2. The lowest BCUT2D eigenvalue weighted by atomic mass is 10.0. The quantitative estimate of drug-likeness (QED) is 0.720. The first-order valence-corrected chi connectivity index (χ1v) is 11.9. The van der Waals surface area contributed by atoms with E-state index < -0.39 is 15.9 Å². The van der Waals surface area contributed by atoms with Gasteiger partial charge in [0.15, 0.2) is 27.4 Å². The Morgan fingerprint density at radius 3 is 2.40 bits per heavy atom. The average molecular weight is 431 g/mol. The number of rotatable bonds is 5. The molecule has 0 saturated carbocycles. The molecule has 0 aromatic heterocycles. The first-order chi connectivity index (χ1) is 14.4. The van der Waals surface area contributed by atoms with Crippen molar-refractivity contribution in [2.24, 2.45) is 0 Å². The van der Waals surface area contributed by atoms with Gasteiger partial charge in [-0.25, -0.2) is 8.42 Å². The van der Waals surface area contributed by atoms with E-state index in [2.05, 4.69) is 0 Å². The van der Waals surface area contributed by atoms with Gasteiger partial charge in [0.2, 0.25) is 5.91 Å². The summed E-state index contributed by atoms with van der Waals surface area (Å²) in [4.78, 5) is 17.1. The van der Waals surface area contributed by atoms with Gasteiger partial charge in [-0.15, -0.1) is 0 Å². The standard InChI is InChI=1S/C22H26N2O5S/c1-23(15-18-16-28-19-9-5-6-10-20(19)29-18)22(25)21(17-7-3-2-4-8-17)24-11-13-30(26,27)14-12-24/h2-10,18,21H,11-16H2,1H3. The zero-order valence-corrected chi connectivity index (χ0v) is 17.8. The number of hydrogen-bond donors (Lipinski definition) is 0. The van der Waals surface area contributed by atoms with Crippen LogP contribution >= 0.6 is 0 Å². The number of sulfone groups is 1. The normalized spacial score (nSPS) is 21.6. The molecule has 2 aliphatic rings. The zero-order valence-electron chi connectivity index (χ0n) is 16.9. The number of hydrogen-bond acceptors (Lipinski definition) is 6. The predicted octanol–water partition coefficient (Wildman–Crippen LogP) is 1.76. The highest BCUT2D eigenvalue weighted by Crippen LogP contribution is 2.31. The number of likely N-dealkylation sites (N-methyl/N-ethyl adjacent to an activating group) is 1. The largest absolute Gasteiger partial charge is 0.486 e. The molecule has 0 aliphatic carbocycles. The molecule has 1 fully saturated rings. The molecular weight excluding hydrogens is 404 g/mol. The van der Waals surface area contributed by atoms with Crippen LogP contribution in [0.1, 0.15) is 11.6 Å².